The maximum absolute atomic E-state index is 10.2. The highest BCUT2D eigenvalue weighted by Gasteiger charge is 2.17. The van der Waals surface area contributed by atoms with Crippen LogP contribution in [0.25, 0.3) is 0 Å². The lowest BCUT2D eigenvalue weighted by atomic mass is 10.0. The van der Waals surface area contributed by atoms with Gasteiger partial charge in [-0.15, -0.1) is 0 Å². The van der Waals surface area contributed by atoms with Crippen LogP contribution in [0.5, 0.6) is 0 Å². The average molecular weight is 285 g/mol. The summed E-state index contributed by atoms with van der Waals surface area (Å²) < 4.78 is 0. The Bertz CT molecular complexity index is 518. The van der Waals surface area contributed by atoms with E-state index in [4.69, 9.17) is 11.6 Å². The van der Waals surface area contributed by atoms with Crippen LogP contribution in [0.2, 0.25) is 0 Å². The minimum Gasteiger partial charge on any atom is -0.390 e. The van der Waals surface area contributed by atoms with Crippen molar-refractivity contribution >= 4 is 0 Å². The van der Waals surface area contributed by atoms with E-state index in [-0.39, 0.29) is 6.04 Å². The molecular formula is C17H23N3O. The summed E-state index contributed by atoms with van der Waals surface area (Å²) >= 11 is 0. The summed E-state index contributed by atoms with van der Waals surface area (Å²) in [6.45, 7) is 0.943. The summed E-state index contributed by atoms with van der Waals surface area (Å²) in [5.41, 5.74) is 8.29. The summed E-state index contributed by atoms with van der Waals surface area (Å²) in [7, 11) is 0. The lowest BCUT2D eigenvalue weighted by Gasteiger charge is -2.24. The van der Waals surface area contributed by atoms with E-state index in [0.29, 0.717) is 19.5 Å². The molecule has 2 atom stereocenters. The van der Waals surface area contributed by atoms with E-state index in [2.05, 4.69) is 0 Å². The van der Waals surface area contributed by atoms with Crippen LogP contribution in [0.4, 0.5) is 0 Å². The molecule has 0 aliphatic heterocycles. The van der Waals surface area contributed by atoms with Gasteiger partial charge in [0.15, 0.2) is 0 Å². The molecule has 2 aromatic carbocycles. The van der Waals surface area contributed by atoms with Crippen LogP contribution in [0, 0.1) is 0 Å². The fourth-order valence-electron chi connectivity index (χ4n) is 2.28. The lowest BCUT2D eigenvalue weighted by molar-refractivity contribution is 0.0877. The van der Waals surface area contributed by atoms with E-state index in [1.54, 1.807) is 5.01 Å². The molecule has 4 nitrogen and oxygen atoms in total. The topological polar surface area (TPSA) is 75.5 Å². The van der Waals surface area contributed by atoms with Gasteiger partial charge in [0, 0.05) is 19.1 Å². The highest BCUT2D eigenvalue weighted by molar-refractivity contribution is 5.16. The Morgan fingerprint density at radius 1 is 0.905 bits per heavy atom. The second kappa shape index (κ2) is 7.90. The summed E-state index contributed by atoms with van der Waals surface area (Å²) in [5.74, 6) is 5.96. The van der Waals surface area contributed by atoms with Gasteiger partial charge in [0.2, 0.25) is 0 Å². The maximum Gasteiger partial charge on any atom is 0.0835 e. The predicted molar refractivity (Wildman–Crippen MR) is 85.2 cm³/mol. The second-order valence-electron chi connectivity index (χ2n) is 5.34. The first kappa shape index (κ1) is 15.7. The molecule has 0 aromatic heterocycles. The van der Waals surface area contributed by atoms with Crippen molar-refractivity contribution in [1.82, 2.24) is 5.01 Å². The number of rotatable bonds is 7. The SMILES string of the molecule is NC(Cc1ccccc1)[C@@H](O)CN(N)Cc1ccccc1. The molecule has 4 heteroatoms. The Kier molecular flexibility index (Phi) is 5.90. The zero-order valence-corrected chi connectivity index (χ0v) is 12.1. The van der Waals surface area contributed by atoms with Crippen LogP contribution >= 0.6 is 0 Å². The largest absolute Gasteiger partial charge is 0.390 e. The van der Waals surface area contributed by atoms with Crippen molar-refractivity contribution in [2.45, 2.75) is 25.1 Å². The number of nitrogens with zero attached hydrogens (tertiary/aromatic N) is 1. The molecule has 0 aliphatic carbocycles. The molecule has 0 aliphatic rings. The quantitative estimate of drug-likeness (QED) is 0.529. The minimum absolute atomic E-state index is 0.325. The van der Waals surface area contributed by atoms with Gasteiger partial charge < -0.3 is 10.8 Å². The van der Waals surface area contributed by atoms with Crippen LogP contribution in [-0.2, 0) is 13.0 Å². The molecule has 2 aromatic rings. The molecule has 0 fully saturated rings. The van der Waals surface area contributed by atoms with E-state index in [1.165, 1.54) is 0 Å². The van der Waals surface area contributed by atoms with E-state index < -0.39 is 6.10 Å². The fraction of sp³-hybridized carbons (Fsp3) is 0.294. The van der Waals surface area contributed by atoms with Crippen molar-refractivity contribution in [3.63, 3.8) is 0 Å². The predicted octanol–water partition coefficient (Wildman–Crippen LogP) is 1.29. The van der Waals surface area contributed by atoms with Gasteiger partial charge in [-0.2, -0.15) is 0 Å². The molecule has 0 saturated heterocycles. The zero-order chi connectivity index (χ0) is 15.1. The summed E-state index contributed by atoms with van der Waals surface area (Å²) in [5, 5.41) is 11.8. The molecule has 0 heterocycles. The number of nitrogens with two attached hydrogens (primary N) is 2. The van der Waals surface area contributed by atoms with Gasteiger partial charge >= 0.3 is 0 Å². The smallest absolute Gasteiger partial charge is 0.0835 e. The molecule has 0 radical (unpaired) electrons. The molecule has 112 valence electrons. The third-order valence-corrected chi connectivity index (χ3v) is 3.46. The first-order valence-electron chi connectivity index (χ1n) is 7.16. The molecule has 0 saturated carbocycles. The highest BCUT2D eigenvalue weighted by atomic mass is 16.3. The van der Waals surface area contributed by atoms with Gasteiger partial charge in [-0.3, -0.25) is 5.84 Å². The minimum atomic E-state index is -0.654. The second-order valence-corrected chi connectivity index (χ2v) is 5.34. The Hall–Kier alpha value is -1.72. The molecular weight excluding hydrogens is 262 g/mol. The molecule has 2 rings (SSSR count). The van der Waals surface area contributed by atoms with E-state index >= 15 is 0 Å². The Morgan fingerprint density at radius 2 is 1.43 bits per heavy atom. The van der Waals surface area contributed by atoms with Gasteiger partial charge in [-0.05, 0) is 17.5 Å². The van der Waals surface area contributed by atoms with Gasteiger partial charge in [0.1, 0.15) is 0 Å². The van der Waals surface area contributed by atoms with Crippen LogP contribution in [0.15, 0.2) is 60.7 Å². The van der Waals surface area contributed by atoms with Crippen LogP contribution in [-0.4, -0.2) is 28.8 Å². The number of hydrogen-bond acceptors (Lipinski definition) is 4. The lowest BCUT2D eigenvalue weighted by Crippen LogP contribution is -2.46. The number of hydrazine groups is 1. The average Bonchev–Trinajstić information content (AvgIpc) is 2.49. The molecule has 0 spiro atoms. The van der Waals surface area contributed by atoms with Crippen molar-refractivity contribution in [2.75, 3.05) is 6.54 Å². The number of aliphatic hydroxyl groups excluding tert-OH is 1. The van der Waals surface area contributed by atoms with Crippen molar-refractivity contribution in [3.8, 4) is 0 Å². The Labute approximate surface area is 126 Å². The zero-order valence-electron chi connectivity index (χ0n) is 12.1. The van der Waals surface area contributed by atoms with Gasteiger partial charge in [-0.25, -0.2) is 5.01 Å². The number of benzene rings is 2. The van der Waals surface area contributed by atoms with E-state index in [9.17, 15) is 5.11 Å². The van der Waals surface area contributed by atoms with Gasteiger partial charge in [0.25, 0.3) is 0 Å². The summed E-state index contributed by atoms with van der Waals surface area (Å²) in [6.07, 6.45) is -0.0137. The first-order chi connectivity index (χ1) is 10.1. The summed E-state index contributed by atoms with van der Waals surface area (Å²) in [4.78, 5) is 0. The van der Waals surface area contributed by atoms with Crippen molar-refractivity contribution in [1.29, 1.82) is 0 Å². The summed E-state index contributed by atoms with van der Waals surface area (Å²) in [6, 6.07) is 19.5. The Morgan fingerprint density at radius 3 is 2.00 bits per heavy atom. The third-order valence-electron chi connectivity index (χ3n) is 3.46. The van der Waals surface area contributed by atoms with Gasteiger partial charge in [0.05, 0.1) is 6.10 Å². The van der Waals surface area contributed by atoms with Crippen molar-refractivity contribution in [2.24, 2.45) is 11.6 Å². The van der Waals surface area contributed by atoms with E-state index in [0.717, 1.165) is 11.1 Å². The normalized spacial score (nSPS) is 14.1. The van der Waals surface area contributed by atoms with Crippen molar-refractivity contribution in [3.05, 3.63) is 71.8 Å². The molecule has 1 unspecified atom stereocenters. The van der Waals surface area contributed by atoms with Crippen molar-refractivity contribution < 1.29 is 5.11 Å². The molecule has 21 heavy (non-hydrogen) atoms. The van der Waals surface area contributed by atoms with Gasteiger partial charge in [-0.1, -0.05) is 60.7 Å². The number of aliphatic hydroxyl groups is 1. The van der Waals surface area contributed by atoms with Crippen LogP contribution < -0.4 is 11.6 Å². The number of hydrogen-bond donors (Lipinski definition) is 3. The molecule has 0 bridgehead atoms. The van der Waals surface area contributed by atoms with E-state index in [1.807, 2.05) is 60.7 Å². The van der Waals surface area contributed by atoms with Crippen LogP contribution in [0.3, 0.4) is 0 Å². The Balaban J connectivity index is 1.81. The third kappa shape index (κ3) is 5.28. The highest BCUT2D eigenvalue weighted by Crippen LogP contribution is 2.07. The maximum atomic E-state index is 10.2. The first-order valence-corrected chi connectivity index (χ1v) is 7.16. The van der Waals surface area contributed by atoms with Crippen LogP contribution in [0.1, 0.15) is 11.1 Å². The standard InChI is InChI=1S/C17H23N3O/c18-16(11-14-7-3-1-4-8-14)17(21)13-20(19)12-15-9-5-2-6-10-15/h1-10,16-17,21H,11-13,18-19H2/t16?,17-/m0/s1. The molecule has 0 amide bonds. The molecule has 5 N–H and O–H groups in total. The fourth-order valence-corrected chi connectivity index (χ4v) is 2.28. The monoisotopic (exact) mass is 285 g/mol.